The van der Waals surface area contributed by atoms with Crippen LogP contribution in [0.1, 0.15) is 36.8 Å². The summed E-state index contributed by atoms with van der Waals surface area (Å²) >= 11 is 0. The molecule has 0 saturated heterocycles. The molecule has 0 bridgehead atoms. The smallest absolute Gasteiger partial charge is 0.234 e. The monoisotopic (exact) mass is 322 g/mol. The molecule has 1 amide bonds. The highest BCUT2D eigenvalue weighted by Crippen LogP contribution is 2.54. The molecule has 0 radical (unpaired) electrons. The maximum absolute atomic E-state index is 12.4. The van der Waals surface area contributed by atoms with Crippen molar-refractivity contribution < 1.29 is 4.79 Å². The molecule has 3 nitrogen and oxygen atoms in total. The first-order valence-corrected chi connectivity index (χ1v) is 8.86. The van der Waals surface area contributed by atoms with Crippen LogP contribution in [0.4, 0.5) is 0 Å². The van der Waals surface area contributed by atoms with E-state index < -0.39 is 0 Å². The molecule has 3 heteroatoms. The number of rotatable bonds is 7. The Kier molecular flexibility index (Phi) is 5.31. The maximum atomic E-state index is 12.4. The average molecular weight is 322 g/mol. The molecular weight excluding hydrogens is 296 g/mol. The molecular formula is C21H26N2O. The van der Waals surface area contributed by atoms with Crippen molar-refractivity contribution in [1.82, 2.24) is 10.2 Å². The zero-order valence-electron chi connectivity index (χ0n) is 14.5. The Balaban J connectivity index is 1.73. The third kappa shape index (κ3) is 3.68. The molecule has 1 unspecified atom stereocenters. The molecule has 126 valence electrons. The molecule has 1 aliphatic carbocycles. The van der Waals surface area contributed by atoms with Gasteiger partial charge >= 0.3 is 0 Å². The van der Waals surface area contributed by atoms with Gasteiger partial charge in [0, 0.05) is 17.9 Å². The fraction of sp³-hybridized carbons (Fsp3) is 0.381. The summed E-state index contributed by atoms with van der Waals surface area (Å²) in [6, 6.07) is 21.2. The number of carbonyl (C=O) groups is 1. The number of likely N-dealkylation sites (N-methyl/N-ethyl adjacent to an activating group) is 1. The second kappa shape index (κ2) is 7.63. The van der Waals surface area contributed by atoms with Gasteiger partial charge in [0.15, 0.2) is 0 Å². The van der Waals surface area contributed by atoms with Gasteiger partial charge in [-0.1, -0.05) is 74.5 Å². The minimum absolute atomic E-state index is 0.128. The highest BCUT2D eigenvalue weighted by Gasteiger charge is 2.52. The largest absolute Gasteiger partial charge is 0.351 e. The number of nitrogens with zero attached hydrogens (tertiary/aromatic N) is 1. The summed E-state index contributed by atoms with van der Waals surface area (Å²) in [6.45, 7) is 6.46. The Morgan fingerprint density at radius 2 is 1.33 bits per heavy atom. The Labute approximate surface area is 144 Å². The van der Waals surface area contributed by atoms with Crippen LogP contribution >= 0.6 is 0 Å². The molecule has 1 saturated carbocycles. The lowest BCUT2D eigenvalue weighted by atomic mass is 10.0. The topological polar surface area (TPSA) is 32.3 Å². The first-order valence-electron chi connectivity index (χ1n) is 8.86. The Morgan fingerprint density at radius 1 is 0.875 bits per heavy atom. The van der Waals surface area contributed by atoms with Crippen molar-refractivity contribution in [1.29, 1.82) is 0 Å². The van der Waals surface area contributed by atoms with Gasteiger partial charge in [0.2, 0.25) is 5.91 Å². The summed E-state index contributed by atoms with van der Waals surface area (Å²) < 4.78 is 0. The van der Waals surface area contributed by atoms with Crippen molar-refractivity contribution in [2.75, 3.05) is 19.6 Å². The lowest BCUT2D eigenvalue weighted by Gasteiger charge is -2.17. The molecule has 0 aromatic heterocycles. The van der Waals surface area contributed by atoms with E-state index in [9.17, 15) is 4.79 Å². The summed E-state index contributed by atoms with van der Waals surface area (Å²) in [5.74, 6) is 0.867. The van der Waals surface area contributed by atoms with Crippen molar-refractivity contribution in [2.24, 2.45) is 0 Å². The lowest BCUT2D eigenvalue weighted by molar-refractivity contribution is -0.122. The van der Waals surface area contributed by atoms with Gasteiger partial charge in [0.25, 0.3) is 0 Å². The Hall–Kier alpha value is -2.13. The van der Waals surface area contributed by atoms with Gasteiger partial charge in [-0.2, -0.15) is 0 Å². The van der Waals surface area contributed by atoms with Crippen LogP contribution in [0, 0.1) is 0 Å². The maximum Gasteiger partial charge on any atom is 0.234 e. The van der Waals surface area contributed by atoms with E-state index in [4.69, 9.17) is 0 Å². The zero-order valence-corrected chi connectivity index (χ0v) is 14.5. The molecule has 24 heavy (non-hydrogen) atoms. The number of amides is 1. The molecule has 2 aromatic rings. The van der Waals surface area contributed by atoms with Crippen LogP contribution in [0.15, 0.2) is 60.7 Å². The van der Waals surface area contributed by atoms with E-state index in [2.05, 4.69) is 72.6 Å². The molecule has 0 heterocycles. The fourth-order valence-corrected chi connectivity index (χ4v) is 3.55. The molecule has 1 fully saturated rings. The predicted molar refractivity (Wildman–Crippen MR) is 98.1 cm³/mol. The number of nitrogens with one attached hydrogen (secondary N) is 1. The Morgan fingerprint density at radius 3 is 1.75 bits per heavy atom. The van der Waals surface area contributed by atoms with Crippen LogP contribution in [0.25, 0.3) is 0 Å². The van der Waals surface area contributed by atoms with Crippen LogP contribution in [-0.4, -0.2) is 36.5 Å². The van der Waals surface area contributed by atoms with Gasteiger partial charge in [-0.05, 0) is 24.2 Å². The quantitative estimate of drug-likeness (QED) is 0.847. The third-order valence-electron chi connectivity index (χ3n) is 4.98. The molecule has 3 atom stereocenters. The Bertz CT molecular complexity index is 607. The van der Waals surface area contributed by atoms with Crippen molar-refractivity contribution in [3.8, 4) is 0 Å². The van der Waals surface area contributed by atoms with Crippen LogP contribution in [-0.2, 0) is 4.79 Å². The van der Waals surface area contributed by atoms with Crippen molar-refractivity contribution >= 4 is 5.91 Å². The number of benzene rings is 2. The summed E-state index contributed by atoms with van der Waals surface area (Å²) in [7, 11) is 0. The van der Waals surface area contributed by atoms with E-state index in [0.29, 0.717) is 18.4 Å². The molecule has 0 spiro atoms. The first-order chi connectivity index (χ1) is 11.7. The predicted octanol–water partition coefficient (Wildman–Crippen LogP) is 3.39. The van der Waals surface area contributed by atoms with Gasteiger partial charge in [-0.3, -0.25) is 9.69 Å². The average Bonchev–Trinajstić information content (AvgIpc) is 3.34. The molecule has 1 aliphatic rings. The van der Waals surface area contributed by atoms with E-state index in [-0.39, 0.29) is 11.9 Å². The van der Waals surface area contributed by atoms with Gasteiger partial charge in [0.05, 0.1) is 6.54 Å². The van der Waals surface area contributed by atoms with E-state index >= 15 is 0 Å². The number of carbonyl (C=O) groups excluding carboxylic acids is 1. The van der Waals surface area contributed by atoms with Crippen LogP contribution < -0.4 is 5.32 Å². The van der Waals surface area contributed by atoms with Crippen LogP contribution in [0.5, 0.6) is 0 Å². The SMILES string of the molecule is CCN(CC)CC(=O)NC1[C@@H](c2ccccc2)[C@H]1c1ccccc1. The number of hydrogen-bond acceptors (Lipinski definition) is 2. The zero-order chi connectivity index (χ0) is 16.9. The second-order valence-corrected chi connectivity index (χ2v) is 6.43. The minimum Gasteiger partial charge on any atom is -0.351 e. The molecule has 2 aromatic carbocycles. The second-order valence-electron chi connectivity index (χ2n) is 6.43. The summed E-state index contributed by atoms with van der Waals surface area (Å²) in [4.78, 5) is 14.6. The third-order valence-corrected chi connectivity index (χ3v) is 4.98. The normalized spacial score (nSPS) is 22.4. The van der Waals surface area contributed by atoms with E-state index in [1.54, 1.807) is 0 Å². The summed E-state index contributed by atoms with van der Waals surface area (Å²) in [5, 5.41) is 3.27. The van der Waals surface area contributed by atoms with E-state index in [0.717, 1.165) is 13.1 Å². The van der Waals surface area contributed by atoms with E-state index in [1.807, 2.05) is 12.1 Å². The van der Waals surface area contributed by atoms with E-state index in [1.165, 1.54) is 11.1 Å². The van der Waals surface area contributed by atoms with Crippen molar-refractivity contribution in [2.45, 2.75) is 31.7 Å². The highest BCUT2D eigenvalue weighted by molar-refractivity contribution is 5.79. The van der Waals surface area contributed by atoms with Crippen molar-refractivity contribution in [3.05, 3.63) is 71.8 Å². The highest BCUT2D eigenvalue weighted by atomic mass is 16.2. The lowest BCUT2D eigenvalue weighted by Crippen LogP contribution is -2.38. The standard InChI is InChI=1S/C21H26N2O/c1-3-23(4-2)15-18(24)22-21-19(16-11-7-5-8-12-16)20(21)17-13-9-6-10-14-17/h5-14,19-21H,3-4,15H2,1-2H3,(H,22,24)/t19-,20+,21?. The first kappa shape index (κ1) is 16.7. The van der Waals surface area contributed by atoms with Gasteiger partial charge < -0.3 is 5.32 Å². The van der Waals surface area contributed by atoms with Crippen molar-refractivity contribution in [3.63, 3.8) is 0 Å². The molecule has 3 rings (SSSR count). The number of hydrogen-bond donors (Lipinski definition) is 1. The van der Waals surface area contributed by atoms with Crippen LogP contribution in [0.3, 0.4) is 0 Å². The summed E-state index contributed by atoms with van der Waals surface area (Å²) in [6.07, 6.45) is 0. The minimum atomic E-state index is 0.128. The molecule has 1 N–H and O–H groups in total. The van der Waals surface area contributed by atoms with Gasteiger partial charge in [0.1, 0.15) is 0 Å². The van der Waals surface area contributed by atoms with Gasteiger partial charge in [-0.25, -0.2) is 0 Å². The molecule has 0 aliphatic heterocycles. The van der Waals surface area contributed by atoms with Gasteiger partial charge in [-0.15, -0.1) is 0 Å². The summed E-state index contributed by atoms with van der Waals surface area (Å²) in [5.41, 5.74) is 2.61. The fourth-order valence-electron chi connectivity index (χ4n) is 3.55. The van der Waals surface area contributed by atoms with Crippen LogP contribution in [0.2, 0.25) is 0 Å².